The molecule has 0 saturated carbocycles. The minimum absolute atomic E-state index is 0.184. The fourth-order valence-corrected chi connectivity index (χ4v) is 2.85. The Morgan fingerprint density at radius 3 is 2.50 bits per heavy atom. The van der Waals surface area contributed by atoms with E-state index in [1.807, 2.05) is 6.07 Å². The van der Waals surface area contributed by atoms with Crippen LogP contribution >= 0.6 is 0 Å². The van der Waals surface area contributed by atoms with E-state index in [-0.39, 0.29) is 11.8 Å². The summed E-state index contributed by atoms with van der Waals surface area (Å²) in [5.41, 5.74) is 1.00. The van der Waals surface area contributed by atoms with Gasteiger partial charge in [-0.05, 0) is 38.5 Å². The van der Waals surface area contributed by atoms with Gasteiger partial charge in [0.05, 0.1) is 0 Å². The number of halogens is 2. The smallest absolute Gasteiger partial charge is 0.387 e. The van der Waals surface area contributed by atoms with Gasteiger partial charge in [0.25, 0.3) is 0 Å². The fraction of sp³-hybridized carbons (Fsp3) is 0.600. The van der Waals surface area contributed by atoms with Gasteiger partial charge in [0.2, 0.25) is 0 Å². The van der Waals surface area contributed by atoms with E-state index in [9.17, 15) is 8.78 Å². The van der Waals surface area contributed by atoms with Gasteiger partial charge in [0, 0.05) is 31.2 Å². The van der Waals surface area contributed by atoms with Gasteiger partial charge in [-0.1, -0.05) is 12.1 Å². The van der Waals surface area contributed by atoms with Gasteiger partial charge in [-0.3, -0.25) is 4.90 Å². The Bertz CT molecular complexity index is 432. The van der Waals surface area contributed by atoms with Crippen LogP contribution in [0.25, 0.3) is 0 Å². The first-order valence-corrected chi connectivity index (χ1v) is 7.00. The molecule has 0 aliphatic carbocycles. The van der Waals surface area contributed by atoms with Crippen molar-refractivity contribution in [3.8, 4) is 5.75 Å². The molecule has 1 saturated heterocycles. The zero-order valence-corrected chi connectivity index (χ0v) is 12.1. The number of nitrogens with one attached hydrogen (secondary N) is 1. The second-order valence-corrected chi connectivity index (χ2v) is 5.55. The predicted octanol–water partition coefficient (Wildman–Crippen LogP) is 3.03. The lowest BCUT2D eigenvalue weighted by molar-refractivity contribution is -0.0499. The lowest BCUT2D eigenvalue weighted by atomic mass is 10.0. The molecule has 0 bridgehead atoms. The number of benzene rings is 1. The van der Waals surface area contributed by atoms with E-state index in [1.165, 1.54) is 0 Å². The molecule has 2 rings (SSSR count). The second kappa shape index (κ2) is 6.50. The SMILES string of the molecule is CC1CN(C(C)c2cccc(OC(F)F)c2)CC(C)N1. The zero-order valence-electron chi connectivity index (χ0n) is 12.1. The minimum Gasteiger partial charge on any atom is -0.435 e. The maximum atomic E-state index is 12.3. The lowest BCUT2D eigenvalue weighted by Gasteiger charge is -2.39. The van der Waals surface area contributed by atoms with Crippen LogP contribution in [0, 0.1) is 0 Å². The first-order chi connectivity index (χ1) is 9.45. The normalized spacial score (nSPS) is 25.7. The first kappa shape index (κ1) is 15.2. The molecule has 1 fully saturated rings. The summed E-state index contributed by atoms with van der Waals surface area (Å²) in [7, 11) is 0. The molecule has 1 aliphatic heterocycles. The molecule has 0 spiro atoms. The quantitative estimate of drug-likeness (QED) is 0.920. The molecule has 20 heavy (non-hydrogen) atoms. The summed E-state index contributed by atoms with van der Waals surface area (Å²) in [4.78, 5) is 2.37. The monoisotopic (exact) mass is 284 g/mol. The molecule has 1 heterocycles. The zero-order chi connectivity index (χ0) is 14.7. The number of hydrogen-bond acceptors (Lipinski definition) is 3. The van der Waals surface area contributed by atoms with Crippen molar-refractivity contribution in [3.63, 3.8) is 0 Å². The third-order valence-corrected chi connectivity index (χ3v) is 3.70. The van der Waals surface area contributed by atoms with Crippen LogP contribution in [0.2, 0.25) is 0 Å². The summed E-state index contributed by atoms with van der Waals surface area (Å²) < 4.78 is 29.0. The van der Waals surface area contributed by atoms with Crippen molar-refractivity contribution in [2.75, 3.05) is 13.1 Å². The van der Waals surface area contributed by atoms with Crippen molar-refractivity contribution in [3.05, 3.63) is 29.8 Å². The number of ether oxygens (including phenoxy) is 1. The van der Waals surface area contributed by atoms with E-state index in [4.69, 9.17) is 0 Å². The highest BCUT2D eigenvalue weighted by Crippen LogP contribution is 2.26. The number of alkyl halides is 2. The number of nitrogens with zero attached hydrogens (tertiary/aromatic N) is 1. The first-order valence-electron chi connectivity index (χ1n) is 7.00. The molecule has 1 aromatic carbocycles. The van der Waals surface area contributed by atoms with Crippen LogP contribution in [0.1, 0.15) is 32.4 Å². The van der Waals surface area contributed by atoms with Crippen LogP contribution < -0.4 is 10.1 Å². The van der Waals surface area contributed by atoms with Crippen molar-refractivity contribution in [2.45, 2.75) is 45.5 Å². The molecule has 1 N–H and O–H groups in total. The van der Waals surface area contributed by atoms with E-state index in [2.05, 4.69) is 35.7 Å². The van der Waals surface area contributed by atoms with Gasteiger partial charge in [-0.15, -0.1) is 0 Å². The molecule has 3 unspecified atom stereocenters. The summed E-state index contributed by atoms with van der Waals surface area (Å²) in [5, 5.41) is 3.49. The number of piperazine rings is 1. The van der Waals surface area contributed by atoms with Gasteiger partial charge in [-0.25, -0.2) is 0 Å². The van der Waals surface area contributed by atoms with E-state index in [0.717, 1.165) is 18.7 Å². The van der Waals surface area contributed by atoms with E-state index < -0.39 is 6.61 Å². The summed E-state index contributed by atoms with van der Waals surface area (Å²) >= 11 is 0. The molecule has 0 radical (unpaired) electrons. The Morgan fingerprint density at radius 2 is 1.90 bits per heavy atom. The molecular formula is C15H22F2N2O. The molecule has 112 valence electrons. The van der Waals surface area contributed by atoms with Crippen LogP contribution in [-0.4, -0.2) is 36.7 Å². The third-order valence-electron chi connectivity index (χ3n) is 3.70. The third kappa shape index (κ3) is 3.90. The van der Waals surface area contributed by atoms with Crippen molar-refractivity contribution >= 4 is 0 Å². The predicted molar refractivity (Wildman–Crippen MR) is 75.1 cm³/mol. The van der Waals surface area contributed by atoms with Gasteiger partial charge in [0.15, 0.2) is 0 Å². The van der Waals surface area contributed by atoms with Crippen LogP contribution in [0.15, 0.2) is 24.3 Å². The Hall–Kier alpha value is -1.20. The highest BCUT2D eigenvalue weighted by Gasteiger charge is 2.25. The Labute approximate surface area is 118 Å². The molecule has 0 amide bonds. The standard InChI is InChI=1S/C15H22F2N2O/c1-10-8-19(9-11(2)18-10)12(3)13-5-4-6-14(7-13)20-15(16)17/h4-7,10-12,15,18H,8-9H2,1-3H3. The molecule has 5 heteroatoms. The lowest BCUT2D eigenvalue weighted by Crippen LogP contribution is -2.54. The largest absolute Gasteiger partial charge is 0.435 e. The molecule has 0 aromatic heterocycles. The topological polar surface area (TPSA) is 24.5 Å². The summed E-state index contributed by atoms with van der Waals surface area (Å²) in [6.45, 7) is 5.54. The van der Waals surface area contributed by atoms with Crippen LogP contribution in [0.5, 0.6) is 5.75 Å². The molecule has 1 aromatic rings. The van der Waals surface area contributed by atoms with E-state index >= 15 is 0 Å². The maximum Gasteiger partial charge on any atom is 0.387 e. The minimum atomic E-state index is -2.78. The molecule has 3 nitrogen and oxygen atoms in total. The van der Waals surface area contributed by atoms with Crippen LogP contribution in [0.3, 0.4) is 0 Å². The highest BCUT2D eigenvalue weighted by molar-refractivity contribution is 5.30. The molecule has 3 atom stereocenters. The summed E-state index contributed by atoms with van der Waals surface area (Å²) in [6.07, 6.45) is 0. The van der Waals surface area contributed by atoms with Crippen molar-refractivity contribution in [1.82, 2.24) is 10.2 Å². The Balaban J connectivity index is 2.09. The fourth-order valence-electron chi connectivity index (χ4n) is 2.85. The van der Waals surface area contributed by atoms with Gasteiger partial charge in [-0.2, -0.15) is 8.78 Å². The van der Waals surface area contributed by atoms with Gasteiger partial charge >= 0.3 is 6.61 Å². The average Bonchev–Trinajstić information content (AvgIpc) is 2.36. The van der Waals surface area contributed by atoms with E-state index in [0.29, 0.717) is 12.1 Å². The van der Waals surface area contributed by atoms with Crippen molar-refractivity contribution < 1.29 is 13.5 Å². The highest BCUT2D eigenvalue weighted by atomic mass is 19.3. The average molecular weight is 284 g/mol. The maximum absolute atomic E-state index is 12.3. The Morgan fingerprint density at radius 1 is 1.25 bits per heavy atom. The summed E-state index contributed by atoms with van der Waals surface area (Å²) in [6, 6.07) is 8.03. The second-order valence-electron chi connectivity index (χ2n) is 5.55. The van der Waals surface area contributed by atoms with E-state index in [1.54, 1.807) is 18.2 Å². The van der Waals surface area contributed by atoms with Gasteiger partial charge < -0.3 is 10.1 Å². The van der Waals surface area contributed by atoms with Crippen molar-refractivity contribution in [2.24, 2.45) is 0 Å². The number of rotatable bonds is 4. The van der Waals surface area contributed by atoms with Crippen molar-refractivity contribution in [1.29, 1.82) is 0 Å². The molecule has 1 aliphatic rings. The molecular weight excluding hydrogens is 262 g/mol. The van der Waals surface area contributed by atoms with Crippen LogP contribution in [0.4, 0.5) is 8.78 Å². The van der Waals surface area contributed by atoms with Gasteiger partial charge in [0.1, 0.15) is 5.75 Å². The van der Waals surface area contributed by atoms with Crippen LogP contribution in [-0.2, 0) is 0 Å². The number of hydrogen-bond donors (Lipinski definition) is 1. The Kier molecular flexibility index (Phi) is 4.94. The summed E-state index contributed by atoms with van der Waals surface area (Å²) in [5.74, 6) is 0.223.